The molecule has 2 N–H and O–H groups in total. The van der Waals surface area contributed by atoms with Gasteiger partial charge in [-0.3, -0.25) is 9.59 Å². The molecule has 0 aromatic carbocycles. The first-order chi connectivity index (χ1) is 7.88. The highest BCUT2D eigenvalue weighted by Crippen LogP contribution is 2.38. The normalized spacial score (nSPS) is 42.4. The standard InChI is InChI=1S/C12H16O5/c1-6-3-4-12(17-11(6)16)8(13)5-7(2)9(14)10(12)15/h5-6,9-10,14-15H,3-4H2,1-2H3/t6-,9-,10-,12-/m1/s1. The van der Waals surface area contributed by atoms with Gasteiger partial charge in [0.1, 0.15) is 12.2 Å². The lowest BCUT2D eigenvalue weighted by Crippen LogP contribution is -2.61. The molecule has 5 heteroatoms. The predicted molar refractivity (Wildman–Crippen MR) is 58.0 cm³/mol. The molecule has 94 valence electrons. The van der Waals surface area contributed by atoms with Gasteiger partial charge in [-0.05, 0) is 31.4 Å². The van der Waals surface area contributed by atoms with Crippen molar-refractivity contribution >= 4 is 11.8 Å². The van der Waals surface area contributed by atoms with Crippen molar-refractivity contribution in [3.63, 3.8) is 0 Å². The predicted octanol–water partition coefficient (Wildman–Crippen LogP) is -0.0509. The van der Waals surface area contributed by atoms with Crippen molar-refractivity contribution in [3.8, 4) is 0 Å². The van der Waals surface area contributed by atoms with Crippen LogP contribution in [0.25, 0.3) is 0 Å². The van der Waals surface area contributed by atoms with E-state index < -0.39 is 29.6 Å². The number of esters is 1. The van der Waals surface area contributed by atoms with E-state index in [1.807, 2.05) is 0 Å². The summed E-state index contributed by atoms with van der Waals surface area (Å²) in [5.41, 5.74) is -1.19. The van der Waals surface area contributed by atoms with Crippen LogP contribution in [0.4, 0.5) is 0 Å². The molecule has 1 heterocycles. The van der Waals surface area contributed by atoms with Gasteiger partial charge >= 0.3 is 5.97 Å². The van der Waals surface area contributed by atoms with Crippen LogP contribution in [0.2, 0.25) is 0 Å². The van der Waals surface area contributed by atoms with Gasteiger partial charge in [0, 0.05) is 0 Å². The fraction of sp³-hybridized carbons (Fsp3) is 0.667. The Bertz CT molecular complexity index is 400. The Morgan fingerprint density at radius 1 is 1.41 bits per heavy atom. The van der Waals surface area contributed by atoms with Gasteiger partial charge in [0.05, 0.1) is 5.92 Å². The Morgan fingerprint density at radius 3 is 2.65 bits per heavy atom. The molecule has 2 aliphatic rings. The first kappa shape index (κ1) is 12.3. The molecule has 0 aromatic rings. The van der Waals surface area contributed by atoms with E-state index in [0.717, 1.165) is 0 Å². The van der Waals surface area contributed by atoms with Crippen molar-refractivity contribution in [3.05, 3.63) is 11.6 Å². The van der Waals surface area contributed by atoms with Crippen LogP contribution in [0.15, 0.2) is 11.6 Å². The van der Waals surface area contributed by atoms with Crippen LogP contribution in [0.5, 0.6) is 0 Å². The Kier molecular flexibility index (Phi) is 2.83. The molecular formula is C12H16O5. The third-order valence-electron chi connectivity index (χ3n) is 3.65. The van der Waals surface area contributed by atoms with Crippen LogP contribution in [0.1, 0.15) is 26.7 Å². The summed E-state index contributed by atoms with van der Waals surface area (Å²) in [6.07, 6.45) is -0.562. The van der Waals surface area contributed by atoms with Gasteiger partial charge in [0.15, 0.2) is 0 Å². The molecule has 17 heavy (non-hydrogen) atoms. The summed E-state index contributed by atoms with van der Waals surface area (Å²) < 4.78 is 5.13. The molecule has 2 rings (SSSR count). The third kappa shape index (κ3) is 1.70. The minimum Gasteiger partial charge on any atom is -0.448 e. The molecule has 0 saturated carbocycles. The maximum absolute atomic E-state index is 12.0. The minimum absolute atomic E-state index is 0.251. The highest BCUT2D eigenvalue weighted by Gasteiger charge is 2.55. The van der Waals surface area contributed by atoms with Gasteiger partial charge in [0.25, 0.3) is 0 Å². The molecular weight excluding hydrogens is 224 g/mol. The summed E-state index contributed by atoms with van der Waals surface area (Å²) in [4.78, 5) is 23.5. The zero-order valence-corrected chi connectivity index (χ0v) is 9.84. The SMILES string of the molecule is CC1=CC(=O)[C@]2(CC[C@@H](C)C(=O)O2)[C@H](O)[C@@H]1O. The summed E-state index contributed by atoms with van der Waals surface area (Å²) in [6, 6.07) is 0. The van der Waals surface area contributed by atoms with E-state index >= 15 is 0 Å². The molecule has 0 unspecified atom stereocenters. The van der Waals surface area contributed by atoms with E-state index in [-0.39, 0.29) is 12.3 Å². The number of rotatable bonds is 0. The van der Waals surface area contributed by atoms with Crippen LogP contribution < -0.4 is 0 Å². The average molecular weight is 240 g/mol. The second-order valence-corrected chi connectivity index (χ2v) is 4.89. The lowest BCUT2D eigenvalue weighted by Gasteiger charge is -2.43. The van der Waals surface area contributed by atoms with Gasteiger partial charge in [-0.25, -0.2) is 0 Å². The van der Waals surface area contributed by atoms with E-state index in [4.69, 9.17) is 4.74 Å². The number of aliphatic hydroxyl groups excluding tert-OH is 2. The lowest BCUT2D eigenvalue weighted by molar-refractivity contribution is -0.200. The van der Waals surface area contributed by atoms with Crippen molar-refractivity contribution in [1.29, 1.82) is 0 Å². The molecule has 1 spiro atoms. The zero-order valence-electron chi connectivity index (χ0n) is 9.84. The number of ether oxygens (including phenoxy) is 1. The highest BCUT2D eigenvalue weighted by molar-refractivity contribution is 6.01. The molecule has 1 saturated heterocycles. The smallest absolute Gasteiger partial charge is 0.309 e. The molecule has 4 atom stereocenters. The van der Waals surface area contributed by atoms with E-state index in [9.17, 15) is 19.8 Å². The lowest BCUT2D eigenvalue weighted by atomic mass is 9.74. The van der Waals surface area contributed by atoms with Gasteiger partial charge in [-0.15, -0.1) is 0 Å². The largest absolute Gasteiger partial charge is 0.448 e. The minimum atomic E-state index is -1.58. The molecule has 1 aliphatic heterocycles. The average Bonchev–Trinajstić information content (AvgIpc) is 2.29. The van der Waals surface area contributed by atoms with Gasteiger partial charge in [-0.2, -0.15) is 0 Å². The maximum Gasteiger partial charge on any atom is 0.309 e. The van der Waals surface area contributed by atoms with Gasteiger partial charge < -0.3 is 14.9 Å². The molecule has 0 amide bonds. The van der Waals surface area contributed by atoms with E-state index in [1.165, 1.54) is 6.08 Å². The summed E-state index contributed by atoms with van der Waals surface area (Å²) in [6.45, 7) is 3.28. The number of carbonyl (C=O) groups is 2. The molecule has 0 radical (unpaired) electrons. The van der Waals surface area contributed by atoms with Gasteiger partial charge in [0.2, 0.25) is 11.4 Å². The first-order valence-corrected chi connectivity index (χ1v) is 5.70. The van der Waals surface area contributed by atoms with E-state index in [0.29, 0.717) is 12.0 Å². The quantitative estimate of drug-likeness (QED) is 0.580. The van der Waals surface area contributed by atoms with Crippen LogP contribution >= 0.6 is 0 Å². The molecule has 0 aromatic heterocycles. The van der Waals surface area contributed by atoms with Gasteiger partial charge in [-0.1, -0.05) is 6.92 Å². The van der Waals surface area contributed by atoms with E-state index in [2.05, 4.69) is 0 Å². The van der Waals surface area contributed by atoms with Crippen LogP contribution in [-0.2, 0) is 14.3 Å². The number of hydrogen-bond acceptors (Lipinski definition) is 5. The van der Waals surface area contributed by atoms with Crippen molar-refractivity contribution in [2.75, 3.05) is 0 Å². The van der Waals surface area contributed by atoms with Crippen molar-refractivity contribution in [2.24, 2.45) is 5.92 Å². The molecule has 0 bridgehead atoms. The fourth-order valence-electron chi connectivity index (χ4n) is 2.33. The Hall–Kier alpha value is -1.20. The number of ketones is 1. The topological polar surface area (TPSA) is 83.8 Å². The zero-order chi connectivity index (χ0) is 12.8. The number of hydrogen-bond donors (Lipinski definition) is 2. The number of aliphatic hydroxyl groups is 2. The summed E-state index contributed by atoms with van der Waals surface area (Å²) in [5.74, 6) is -1.21. The molecule has 1 fully saturated rings. The van der Waals surface area contributed by atoms with Crippen LogP contribution in [0, 0.1) is 5.92 Å². The number of carbonyl (C=O) groups excluding carboxylic acids is 2. The second-order valence-electron chi connectivity index (χ2n) is 4.89. The first-order valence-electron chi connectivity index (χ1n) is 5.70. The Labute approximate surface area is 99.1 Å². The van der Waals surface area contributed by atoms with Crippen molar-refractivity contribution < 1.29 is 24.5 Å². The van der Waals surface area contributed by atoms with Crippen LogP contribution in [-0.4, -0.2) is 39.8 Å². The fourth-order valence-corrected chi connectivity index (χ4v) is 2.33. The maximum atomic E-state index is 12.0. The second kappa shape index (κ2) is 3.92. The monoisotopic (exact) mass is 240 g/mol. The van der Waals surface area contributed by atoms with E-state index in [1.54, 1.807) is 13.8 Å². The van der Waals surface area contributed by atoms with Crippen molar-refractivity contribution in [1.82, 2.24) is 0 Å². The third-order valence-corrected chi connectivity index (χ3v) is 3.65. The summed E-state index contributed by atoms with van der Waals surface area (Å²) >= 11 is 0. The molecule has 5 nitrogen and oxygen atoms in total. The Balaban J connectivity index is 2.37. The summed E-state index contributed by atoms with van der Waals surface area (Å²) in [5, 5.41) is 19.8. The van der Waals surface area contributed by atoms with Crippen LogP contribution in [0.3, 0.4) is 0 Å². The summed E-state index contributed by atoms with van der Waals surface area (Å²) in [7, 11) is 0. The molecule has 1 aliphatic carbocycles. The van der Waals surface area contributed by atoms with Crippen molar-refractivity contribution in [2.45, 2.75) is 44.5 Å². The Morgan fingerprint density at radius 2 is 2.06 bits per heavy atom. The highest BCUT2D eigenvalue weighted by atomic mass is 16.6.